The molecule has 0 fully saturated rings. The van der Waals surface area contributed by atoms with E-state index in [9.17, 15) is 8.42 Å². The van der Waals surface area contributed by atoms with Gasteiger partial charge in [0.25, 0.3) is 10.2 Å². The number of thiocarbonyl (C=S) groups is 1. The number of benzene rings is 1. The van der Waals surface area contributed by atoms with Crippen molar-refractivity contribution in [1.29, 1.82) is 0 Å². The molecule has 0 unspecified atom stereocenters. The fourth-order valence-corrected chi connectivity index (χ4v) is 2.68. The zero-order valence-corrected chi connectivity index (χ0v) is 12.6. The van der Waals surface area contributed by atoms with Gasteiger partial charge >= 0.3 is 0 Å². The average molecular weight is 303 g/mol. The molecule has 106 valence electrons. The summed E-state index contributed by atoms with van der Waals surface area (Å²) in [4.78, 5) is 0.216. The molecule has 0 heterocycles. The number of anilines is 1. The molecule has 0 aliphatic rings. The second-order valence-electron chi connectivity index (χ2n) is 4.16. The third-order valence-electron chi connectivity index (χ3n) is 2.12. The van der Waals surface area contributed by atoms with Crippen LogP contribution in [0, 0.1) is 0 Å². The first kappa shape index (κ1) is 15.7. The quantitative estimate of drug-likeness (QED) is 0.681. The van der Waals surface area contributed by atoms with E-state index in [0.29, 0.717) is 17.0 Å². The number of hydrogen-bond donors (Lipinski definition) is 3. The second kappa shape index (κ2) is 6.18. The van der Waals surface area contributed by atoms with Gasteiger partial charge in [0, 0.05) is 11.6 Å². The number of hydrogen-bond acceptors (Lipinski definition) is 4. The second-order valence-corrected chi connectivity index (χ2v) is 6.04. The lowest BCUT2D eigenvalue weighted by molar-refractivity contribution is 0.416. The Hall–Kier alpha value is -1.38. The van der Waals surface area contributed by atoms with E-state index in [1.807, 2.05) is 0 Å². The van der Waals surface area contributed by atoms with Gasteiger partial charge in [0.15, 0.2) is 0 Å². The standard InChI is InChI=1S/C11H17N3O3S2/c1-7(2)13-19(15,16)14-9-5-4-8(11(12)18)6-10(9)17-3/h4-7,13-14H,1-3H3,(H2,12,18). The fraction of sp³-hybridized carbons (Fsp3) is 0.364. The van der Waals surface area contributed by atoms with Crippen molar-refractivity contribution in [2.24, 2.45) is 5.73 Å². The molecule has 6 nitrogen and oxygen atoms in total. The van der Waals surface area contributed by atoms with Gasteiger partial charge in [-0.15, -0.1) is 0 Å². The highest BCUT2D eigenvalue weighted by atomic mass is 32.2. The molecule has 0 saturated carbocycles. The molecule has 0 saturated heterocycles. The molecule has 1 aromatic rings. The number of methoxy groups -OCH3 is 1. The third-order valence-corrected chi connectivity index (χ3v) is 3.63. The Bertz CT molecular complexity index is 571. The van der Waals surface area contributed by atoms with Crippen molar-refractivity contribution in [2.45, 2.75) is 19.9 Å². The highest BCUT2D eigenvalue weighted by Gasteiger charge is 2.15. The lowest BCUT2D eigenvalue weighted by Gasteiger charge is -2.14. The van der Waals surface area contributed by atoms with E-state index in [4.69, 9.17) is 22.7 Å². The molecule has 0 radical (unpaired) electrons. The van der Waals surface area contributed by atoms with E-state index in [-0.39, 0.29) is 11.0 Å². The predicted octanol–water partition coefficient (Wildman–Crippen LogP) is 0.984. The Morgan fingerprint density at radius 2 is 2.05 bits per heavy atom. The first-order chi connectivity index (χ1) is 8.75. The third kappa shape index (κ3) is 4.66. The predicted molar refractivity (Wildman–Crippen MR) is 79.7 cm³/mol. The zero-order chi connectivity index (χ0) is 14.6. The lowest BCUT2D eigenvalue weighted by atomic mass is 10.2. The van der Waals surface area contributed by atoms with Gasteiger partial charge in [0.1, 0.15) is 10.7 Å². The summed E-state index contributed by atoms with van der Waals surface area (Å²) in [6, 6.07) is 4.54. The van der Waals surface area contributed by atoms with Crippen LogP contribution in [0.1, 0.15) is 19.4 Å². The summed E-state index contributed by atoms with van der Waals surface area (Å²) in [5, 5.41) is 0. The van der Waals surface area contributed by atoms with Crippen LogP contribution in [-0.4, -0.2) is 26.6 Å². The molecule has 0 atom stereocenters. The Balaban J connectivity index is 3.05. The van der Waals surface area contributed by atoms with Crippen LogP contribution in [0.3, 0.4) is 0 Å². The van der Waals surface area contributed by atoms with Gasteiger partial charge in [0.2, 0.25) is 0 Å². The molecule has 0 aromatic heterocycles. The molecule has 8 heteroatoms. The van der Waals surface area contributed by atoms with Crippen LogP contribution in [0.2, 0.25) is 0 Å². The topological polar surface area (TPSA) is 93.4 Å². The number of ether oxygens (including phenoxy) is 1. The van der Waals surface area contributed by atoms with Gasteiger partial charge in [-0.3, -0.25) is 4.72 Å². The van der Waals surface area contributed by atoms with Crippen molar-refractivity contribution in [2.75, 3.05) is 11.8 Å². The Kier molecular flexibility index (Phi) is 5.10. The fourth-order valence-electron chi connectivity index (χ4n) is 1.41. The molecule has 19 heavy (non-hydrogen) atoms. The van der Waals surface area contributed by atoms with Gasteiger partial charge in [-0.2, -0.15) is 13.1 Å². The van der Waals surface area contributed by atoms with Crippen LogP contribution < -0.4 is 19.9 Å². The molecule has 0 aliphatic carbocycles. The largest absolute Gasteiger partial charge is 0.495 e. The maximum atomic E-state index is 11.8. The van der Waals surface area contributed by atoms with E-state index in [1.165, 1.54) is 7.11 Å². The molecule has 0 spiro atoms. The van der Waals surface area contributed by atoms with Crippen molar-refractivity contribution in [1.82, 2.24) is 4.72 Å². The molecule has 0 aliphatic heterocycles. The van der Waals surface area contributed by atoms with Crippen molar-refractivity contribution >= 4 is 33.1 Å². The van der Waals surface area contributed by atoms with Crippen LogP contribution >= 0.6 is 12.2 Å². The van der Waals surface area contributed by atoms with Crippen LogP contribution in [0.4, 0.5) is 5.69 Å². The first-order valence-electron chi connectivity index (χ1n) is 5.53. The number of nitrogens with one attached hydrogen (secondary N) is 2. The van der Waals surface area contributed by atoms with Gasteiger partial charge in [-0.05, 0) is 32.0 Å². The van der Waals surface area contributed by atoms with E-state index >= 15 is 0 Å². The summed E-state index contributed by atoms with van der Waals surface area (Å²) < 4.78 is 33.5. The van der Waals surface area contributed by atoms with E-state index in [1.54, 1.807) is 32.0 Å². The molecular formula is C11H17N3O3S2. The van der Waals surface area contributed by atoms with Crippen LogP contribution in [0.5, 0.6) is 5.75 Å². The van der Waals surface area contributed by atoms with Gasteiger partial charge in [0.05, 0.1) is 12.8 Å². The van der Waals surface area contributed by atoms with Crippen molar-refractivity contribution < 1.29 is 13.2 Å². The van der Waals surface area contributed by atoms with E-state index in [0.717, 1.165) is 0 Å². The van der Waals surface area contributed by atoms with Crippen LogP contribution in [-0.2, 0) is 10.2 Å². The smallest absolute Gasteiger partial charge is 0.299 e. The first-order valence-corrected chi connectivity index (χ1v) is 7.42. The van der Waals surface area contributed by atoms with Crippen molar-refractivity contribution in [3.63, 3.8) is 0 Å². The summed E-state index contributed by atoms with van der Waals surface area (Å²) in [6.07, 6.45) is 0. The van der Waals surface area contributed by atoms with E-state index < -0.39 is 10.2 Å². The average Bonchev–Trinajstić information content (AvgIpc) is 2.26. The molecule has 1 aromatic carbocycles. The number of nitrogens with two attached hydrogens (primary N) is 1. The molecule has 4 N–H and O–H groups in total. The van der Waals surface area contributed by atoms with Gasteiger partial charge < -0.3 is 10.5 Å². The molecular weight excluding hydrogens is 286 g/mol. The van der Waals surface area contributed by atoms with Gasteiger partial charge in [-0.25, -0.2) is 0 Å². The number of rotatable bonds is 6. The molecule has 0 bridgehead atoms. The maximum Gasteiger partial charge on any atom is 0.299 e. The molecule has 1 rings (SSSR count). The lowest BCUT2D eigenvalue weighted by Crippen LogP contribution is -2.35. The summed E-state index contributed by atoms with van der Waals surface area (Å²) in [5.41, 5.74) is 6.42. The minimum absolute atomic E-state index is 0.209. The molecule has 0 amide bonds. The van der Waals surface area contributed by atoms with Crippen molar-refractivity contribution in [3.05, 3.63) is 23.8 Å². The zero-order valence-electron chi connectivity index (χ0n) is 10.9. The minimum atomic E-state index is -3.64. The SMILES string of the molecule is COc1cc(C(N)=S)ccc1NS(=O)(=O)NC(C)C. The summed E-state index contributed by atoms with van der Waals surface area (Å²) in [5.74, 6) is 0.347. The van der Waals surface area contributed by atoms with Crippen molar-refractivity contribution in [3.8, 4) is 5.75 Å². The highest BCUT2D eigenvalue weighted by Crippen LogP contribution is 2.26. The monoisotopic (exact) mass is 303 g/mol. The van der Waals surface area contributed by atoms with Gasteiger partial charge in [-0.1, -0.05) is 12.2 Å². The van der Waals surface area contributed by atoms with Crippen LogP contribution in [0.25, 0.3) is 0 Å². The summed E-state index contributed by atoms with van der Waals surface area (Å²) >= 11 is 4.85. The van der Waals surface area contributed by atoms with Crippen LogP contribution in [0.15, 0.2) is 18.2 Å². The minimum Gasteiger partial charge on any atom is -0.495 e. The highest BCUT2D eigenvalue weighted by molar-refractivity contribution is 7.90. The summed E-state index contributed by atoms with van der Waals surface area (Å²) in [7, 11) is -2.21. The van der Waals surface area contributed by atoms with E-state index in [2.05, 4.69) is 9.44 Å². The normalized spacial score (nSPS) is 11.4. The Labute approximate surface area is 118 Å². The summed E-state index contributed by atoms with van der Waals surface area (Å²) in [6.45, 7) is 3.46. The Morgan fingerprint density at radius 1 is 1.42 bits per heavy atom. The maximum absolute atomic E-state index is 11.8. The Morgan fingerprint density at radius 3 is 2.53 bits per heavy atom.